The lowest BCUT2D eigenvalue weighted by Crippen LogP contribution is -2.54. The molecule has 0 spiro atoms. The Morgan fingerprint density at radius 2 is 1.95 bits per heavy atom. The normalized spacial score (nSPS) is 13.4. The quantitative estimate of drug-likeness (QED) is 0.305. The number of halogens is 2. The van der Waals surface area contributed by atoms with E-state index in [4.69, 9.17) is 4.74 Å². The highest BCUT2D eigenvalue weighted by Crippen LogP contribution is 2.30. The number of anilines is 1. The molecule has 204 valence electrons. The van der Waals surface area contributed by atoms with E-state index < -0.39 is 41.8 Å². The second-order valence-electron chi connectivity index (χ2n) is 8.49. The van der Waals surface area contributed by atoms with Crippen LogP contribution in [0.1, 0.15) is 19.4 Å². The molecule has 0 aliphatic heterocycles. The van der Waals surface area contributed by atoms with Crippen LogP contribution in [0.5, 0.6) is 0 Å². The predicted octanol–water partition coefficient (Wildman–Crippen LogP) is 1.59. The van der Waals surface area contributed by atoms with E-state index in [2.05, 4.69) is 30.9 Å². The third kappa shape index (κ3) is 6.20. The Bertz CT molecular complexity index is 1400. The minimum atomic E-state index is -2.07. The molecule has 0 aliphatic carbocycles. The molecule has 2 aromatic heterocycles. The number of benzene rings is 2. The summed E-state index contributed by atoms with van der Waals surface area (Å²) in [4.78, 5) is 30.8. The highest BCUT2D eigenvalue weighted by atomic mass is 19.1. The number of carbonyl (C=O) groups is 2. The first-order chi connectivity index (χ1) is 18.7. The number of ether oxygens (including phenoxy) is 1. The maximum Gasteiger partial charge on any atom is 0.414 e. The Kier molecular flexibility index (Phi) is 8.19. The van der Waals surface area contributed by atoms with Crippen LogP contribution in [-0.4, -0.2) is 71.3 Å². The second kappa shape index (κ2) is 11.7. The van der Waals surface area contributed by atoms with Gasteiger partial charge in [0.15, 0.2) is 0 Å². The lowest BCUT2D eigenvalue weighted by molar-refractivity contribution is -0.123. The molecule has 0 fully saturated rings. The molecule has 2 aromatic carbocycles. The van der Waals surface area contributed by atoms with Crippen molar-refractivity contribution >= 4 is 17.7 Å². The van der Waals surface area contributed by atoms with Crippen molar-refractivity contribution in [3.8, 4) is 5.69 Å². The third-order valence-corrected chi connectivity index (χ3v) is 5.93. The van der Waals surface area contributed by atoms with Crippen LogP contribution in [0.4, 0.5) is 19.3 Å². The first kappa shape index (κ1) is 27.3. The number of aromatic nitrogens is 7. The van der Waals surface area contributed by atoms with Crippen molar-refractivity contribution in [1.82, 2.24) is 40.3 Å². The number of nitrogens with zero attached hydrogens (tertiary/aromatic N) is 8. The molecule has 4 rings (SSSR count). The smallest absolute Gasteiger partial charge is 0.414 e. The summed E-state index contributed by atoms with van der Waals surface area (Å²) in [5, 5.41) is 29.1. The average molecular weight is 542 g/mol. The Labute approximate surface area is 221 Å². The molecule has 13 nitrogen and oxygen atoms in total. The van der Waals surface area contributed by atoms with Gasteiger partial charge in [0.1, 0.15) is 42.8 Å². The monoisotopic (exact) mass is 541 g/mol. The van der Waals surface area contributed by atoms with Gasteiger partial charge in [-0.05, 0) is 54.6 Å². The SMILES string of the molecule is CCOC(=O)N(CC(=O)N[C@H](C)[C@@](O)(Cn1cncn1)c1ccc(F)cc1F)c1ccc(-n2cnnn2)cc1. The van der Waals surface area contributed by atoms with E-state index in [0.29, 0.717) is 17.4 Å². The number of hydrogen-bond acceptors (Lipinski definition) is 9. The van der Waals surface area contributed by atoms with Gasteiger partial charge in [0.25, 0.3) is 0 Å². The summed E-state index contributed by atoms with van der Waals surface area (Å²) >= 11 is 0. The Morgan fingerprint density at radius 3 is 2.56 bits per heavy atom. The van der Waals surface area contributed by atoms with Crippen LogP contribution >= 0.6 is 0 Å². The molecule has 2 heterocycles. The molecule has 0 radical (unpaired) electrons. The van der Waals surface area contributed by atoms with Crippen LogP contribution in [-0.2, 0) is 21.7 Å². The highest BCUT2D eigenvalue weighted by Gasteiger charge is 2.40. The number of rotatable bonds is 10. The standard InChI is InChI=1S/C24H25F2N9O4/c1-3-39-23(37)34(18-5-7-19(8-6-18)35-15-28-31-32-35)11-22(36)30-16(2)24(38,12-33-14-27-13-29-33)20-9-4-17(25)10-21(20)26/h4-10,13-16,38H,3,11-12H2,1-2H3,(H,30,36)/t16-,24+/m1/s1. The Morgan fingerprint density at radius 1 is 1.18 bits per heavy atom. The van der Waals surface area contributed by atoms with E-state index in [9.17, 15) is 23.5 Å². The third-order valence-electron chi connectivity index (χ3n) is 5.93. The Balaban J connectivity index is 1.56. The number of amides is 2. The summed E-state index contributed by atoms with van der Waals surface area (Å²) in [6, 6.07) is 8.07. The summed E-state index contributed by atoms with van der Waals surface area (Å²) in [6.45, 7) is 2.35. The van der Waals surface area contributed by atoms with Crippen molar-refractivity contribution in [2.45, 2.75) is 32.0 Å². The Hall–Kier alpha value is -4.79. The maximum atomic E-state index is 14.8. The van der Waals surface area contributed by atoms with Crippen molar-refractivity contribution < 1.29 is 28.2 Å². The van der Waals surface area contributed by atoms with Crippen molar-refractivity contribution in [3.63, 3.8) is 0 Å². The number of hydrogen-bond donors (Lipinski definition) is 2. The molecule has 2 atom stereocenters. The fraction of sp³-hybridized carbons (Fsp3) is 0.292. The van der Waals surface area contributed by atoms with Gasteiger partial charge in [-0.25, -0.2) is 27.9 Å². The largest absolute Gasteiger partial charge is 0.449 e. The summed E-state index contributed by atoms with van der Waals surface area (Å²) in [5.41, 5.74) is -1.36. The summed E-state index contributed by atoms with van der Waals surface area (Å²) in [6.07, 6.45) is 3.16. The molecule has 0 aliphatic rings. The van der Waals surface area contributed by atoms with E-state index >= 15 is 0 Å². The molecule has 0 bridgehead atoms. The number of carbonyl (C=O) groups excluding carboxylic acids is 2. The van der Waals surface area contributed by atoms with Crippen molar-refractivity contribution in [1.29, 1.82) is 0 Å². The highest BCUT2D eigenvalue weighted by molar-refractivity contribution is 5.95. The van der Waals surface area contributed by atoms with E-state index in [1.165, 1.54) is 35.3 Å². The van der Waals surface area contributed by atoms with Gasteiger partial charge in [0, 0.05) is 17.3 Å². The number of nitrogens with one attached hydrogen (secondary N) is 1. The molecule has 4 aromatic rings. The van der Waals surface area contributed by atoms with Gasteiger partial charge in [-0.2, -0.15) is 5.10 Å². The van der Waals surface area contributed by atoms with Crippen LogP contribution < -0.4 is 10.2 Å². The van der Waals surface area contributed by atoms with Gasteiger partial charge in [0.2, 0.25) is 5.91 Å². The van der Waals surface area contributed by atoms with Crippen LogP contribution in [0, 0.1) is 11.6 Å². The van der Waals surface area contributed by atoms with Gasteiger partial charge in [-0.15, -0.1) is 5.10 Å². The summed E-state index contributed by atoms with van der Waals surface area (Å²) in [7, 11) is 0. The first-order valence-corrected chi connectivity index (χ1v) is 11.8. The minimum absolute atomic E-state index is 0.0670. The lowest BCUT2D eigenvalue weighted by Gasteiger charge is -2.35. The second-order valence-corrected chi connectivity index (χ2v) is 8.49. The molecular weight excluding hydrogens is 516 g/mol. The van der Waals surface area contributed by atoms with Crippen molar-refractivity contribution in [3.05, 3.63) is 78.6 Å². The zero-order valence-electron chi connectivity index (χ0n) is 21.0. The van der Waals surface area contributed by atoms with Gasteiger partial charge in [-0.1, -0.05) is 6.07 Å². The van der Waals surface area contributed by atoms with Crippen LogP contribution in [0.3, 0.4) is 0 Å². The minimum Gasteiger partial charge on any atom is -0.449 e. The van der Waals surface area contributed by atoms with Gasteiger partial charge < -0.3 is 15.2 Å². The van der Waals surface area contributed by atoms with E-state index in [1.807, 2.05) is 0 Å². The lowest BCUT2D eigenvalue weighted by atomic mass is 9.86. The van der Waals surface area contributed by atoms with E-state index in [1.54, 1.807) is 31.2 Å². The fourth-order valence-electron chi connectivity index (χ4n) is 3.93. The molecule has 0 saturated carbocycles. The van der Waals surface area contributed by atoms with Gasteiger partial charge >= 0.3 is 6.09 Å². The average Bonchev–Trinajstić information content (AvgIpc) is 3.62. The maximum absolute atomic E-state index is 14.8. The van der Waals surface area contributed by atoms with E-state index in [-0.39, 0.29) is 18.7 Å². The number of aliphatic hydroxyl groups is 1. The van der Waals surface area contributed by atoms with Crippen LogP contribution in [0.25, 0.3) is 5.69 Å². The molecule has 0 unspecified atom stereocenters. The molecule has 15 heteroatoms. The molecule has 0 saturated heterocycles. The van der Waals surface area contributed by atoms with Crippen LogP contribution in [0.2, 0.25) is 0 Å². The topological polar surface area (TPSA) is 153 Å². The zero-order chi connectivity index (χ0) is 28.0. The predicted molar refractivity (Wildman–Crippen MR) is 131 cm³/mol. The van der Waals surface area contributed by atoms with Gasteiger partial charge in [-0.3, -0.25) is 9.69 Å². The molecule has 2 amide bonds. The molecule has 2 N–H and O–H groups in total. The van der Waals surface area contributed by atoms with Crippen LogP contribution in [0.15, 0.2) is 61.4 Å². The van der Waals surface area contributed by atoms with Crippen molar-refractivity contribution in [2.75, 3.05) is 18.1 Å². The fourth-order valence-corrected chi connectivity index (χ4v) is 3.93. The molecule has 39 heavy (non-hydrogen) atoms. The number of tetrazole rings is 1. The van der Waals surface area contributed by atoms with Gasteiger partial charge in [0.05, 0.1) is 24.9 Å². The van der Waals surface area contributed by atoms with Crippen molar-refractivity contribution in [2.24, 2.45) is 0 Å². The summed E-state index contributed by atoms with van der Waals surface area (Å²) < 4.78 is 36.2. The molecular formula is C24H25F2N9O4. The first-order valence-electron chi connectivity index (χ1n) is 11.8. The summed E-state index contributed by atoms with van der Waals surface area (Å²) in [5.74, 6) is -2.51. The zero-order valence-corrected chi connectivity index (χ0v) is 21.0. The van der Waals surface area contributed by atoms with E-state index in [0.717, 1.165) is 17.0 Å².